The van der Waals surface area contributed by atoms with Crippen molar-refractivity contribution in [2.75, 3.05) is 0 Å². The SMILES string of the molecule is c1ccc(-c2cc(-c3cccc(-c4cccc(-c5nc(-c6ccccc6)nc(-c6ccccc6)n5)c4)c3)nc(-c3ccc4c5ccccc5n(-c5ccccc5)c4c3)n2)cc1. The maximum atomic E-state index is 5.29. The molecule has 0 atom stereocenters. The summed E-state index contributed by atoms with van der Waals surface area (Å²) < 4.78 is 2.33. The van der Waals surface area contributed by atoms with Crippen LogP contribution in [-0.2, 0) is 0 Å². The average molecular weight is 781 g/mol. The highest BCUT2D eigenvalue weighted by Crippen LogP contribution is 2.36. The molecule has 3 heterocycles. The number of hydrogen-bond acceptors (Lipinski definition) is 5. The van der Waals surface area contributed by atoms with E-state index in [0.29, 0.717) is 23.3 Å². The molecule has 3 aromatic heterocycles. The topological polar surface area (TPSA) is 69.4 Å². The van der Waals surface area contributed by atoms with Gasteiger partial charge in [-0.2, -0.15) is 0 Å². The van der Waals surface area contributed by atoms with Gasteiger partial charge in [-0.3, -0.25) is 0 Å². The minimum Gasteiger partial charge on any atom is -0.309 e. The maximum absolute atomic E-state index is 5.29. The first-order chi connectivity index (χ1) is 30.2. The summed E-state index contributed by atoms with van der Waals surface area (Å²) in [6, 6.07) is 75.2. The average Bonchev–Trinajstić information content (AvgIpc) is 3.68. The largest absolute Gasteiger partial charge is 0.309 e. The molecule has 11 rings (SSSR count). The van der Waals surface area contributed by atoms with Crippen LogP contribution in [-0.4, -0.2) is 29.5 Å². The second-order valence-electron chi connectivity index (χ2n) is 14.9. The second-order valence-corrected chi connectivity index (χ2v) is 14.9. The summed E-state index contributed by atoms with van der Waals surface area (Å²) in [5.41, 5.74) is 12.9. The van der Waals surface area contributed by atoms with Gasteiger partial charge < -0.3 is 4.57 Å². The quantitative estimate of drug-likeness (QED) is 0.154. The van der Waals surface area contributed by atoms with E-state index in [1.807, 2.05) is 78.9 Å². The van der Waals surface area contributed by atoms with E-state index in [2.05, 4.69) is 144 Å². The molecule has 0 fully saturated rings. The lowest BCUT2D eigenvalue weighted by atomic mass is 9.99. The summed E-state index contributed by atoms with van der Waals surface area (Å²) in [6.45, 7) is 0. The Bertz CT molecular complexity index is 3290. The van der Waals surface area contributed by atoms with E-state index < -0.39 is 0 Å². The van der Waals surface area contributed by atoms with Crippen molar-refractivity contribution in [2.24, 2.45) is 0 Å². The highest BCUT2D eigenvalue weighted by Gasteiger charge is 2.17. The summed E-state index contributed by atoms with van der Waals surface area (Å²) >= 11 is 0. The Kier molecular flexibility index (Phi) is 9.06. The van der Waals surface area contributed by atoms with Gasteiger partial charge in [0.15, 0.2) is 23.3 Å². The van der Waals surface area contributed by atoms with Crippen LogP contribution in [0.1, 0.15) is 0 Å². The third kappa shape index (κ3) is 6.92. The number of rotatable bonds is 8. The van der Waals surface area contributed by atoms with Crippen LogP contribution >= 0.6 is 0 Å². The number of hydrogen-bond donors (Lipinski definition) is 0. The van der Waals surface area contributed by atoms with Crippen molar-refractivity contribution >= 4 is 21.8 Å². The molecule has 0 N–H and O–H groups in total. The molecule has 0 saturated heterocycles. The van der Waals surface area contributed by atoms with Crippen molar-refractivity contribution < 1.29 is 0 Å². The Morgan fingerprint density at radius 1 is 0.246 bits per heavy atom. The van der Waals surface area contributed by atoms with Crippen LogP contribution in [0, 0.1) is 0 Å². The molecule has 0 spiro atoms. The van der Waals surface area contributed by atoms with Gasteiger partial charge in [0.2, 0.25) is 0 Å². The lowest BCUT2D eigenvalue weighted by molar-refractivity contribution is 1.07. The Morgan fingerprint density at radius 3 is 1.31 bits per heavy atom. The molecule has 0 radical (unpaired) electrons. The Morgan fingerprint density at radius 2 is 0.672 bits per heavy atom. The number of nitrogens with zero attached hydrogens (tertiary/aromatic N) is 6. The fourth-order valence-electron chi connectivity index (χ4n) is 8.08. The van der Waals surface area contributed by atoms with Crippen LogP contribution in [0.2, 0.25) is 0 Å². The van der Waals surface area contributed by atoms with E-state index in [1.54, 1.807) is 0 Å². The van der Waals surface area contributed by atoms with Crippen molar-refractivity contribution in [1.82, 2.24) is 29.5 Å². The fraction of sp³-hybridized carbons (Fsp3) is 0. The van der Waals surface area contributed by atoms with Gasteiger partial charge in [0.05, 0.1) is 22.4 Å². The fourth-order valence-corrected chi connectivity index (χ4v) is 8.08. The molecule has 0 aliphatic rings. The lowest BCUT2D eigenvalue weighted by Gasteiger charge is -2.12. The van der Waals surface area contributed by atoms with Gasteiger partial charge in [-0.05, 0) is 53.6 Å². The minimum absolute atomic E-state index is 0.613. The van der Waals surface area contributed by atoms with Crippen LogP contribution in [0.3, 0.4) is 0 Å². The predicted octanol–water partition coefficient (Wildman–Crippen LogP) is 13.4. The van der Waals surface area contributed by atoms with E-state index >= 15 is 0 Å². The van der Waals surface area contributed by atoms with Gasteiger partial charge in [0.1, 0.15) is 0 Å². The molecule has 0 aliphatic heterocycles. The maximum Gasteiger partial charge on any atom is 0.164 e. The standard InChI is InChI=1S/C55H36N6/c1-5-17-37(18-6-1)48-36-49(57-54(56-48)44-31-32-47-46-29-13-14-30-50(46)61(51(47)35-44)45-27-11-4-12-28-45)42-25-15-23-40(33-42)41-24-16-26-43(34-41)55-59-52(38-19-7-2-8-20-38)58-53(60-55)39-21-9-3-10-22-39/h1-36H. The molecule has 0 saturated carbocycles. The third-order valence-corrected chi connectivity index (χ3v) is 11.1. The second kappa shape index (κ2) is 15.4. The van der Waals surface area contributed by atoms with E-state index in [0.717, 1.165) is 72.6 Å². The van der Waals surface area contributed by atoms with Crippen LogP contribution < -0.4 is 0 Å². The predicted molar refractivity (Wildman–Crippen MR) is 248 cm³/mol. The van der Waals surface area contributed by atoms with Crippen molar-refractivity contribution in [2.45, 2.75) is 0 Å². The molecule has 11 aromatic rings. The highest BCUT2D eigenvalue weighted by molar-refractivity contribution is 6.10. The normalized spacial score (nSPS) is 11.3. The van der Waals surface area contributed by atoms with Gasteiger partial charge in [-0.25, -0.2) is 24.9 Å². The minimum atomic E-state index is 0.613. The zero-order valence-corrected chi connectivity index (χ0v) is 33.0. The summed E-state index contributed by atoms with van der Waals surface area (Å²) in [4.78, 5) is 25.4. The zero-order valence-electron chi connectivity index (χ0n) is 33.0. The Hall–Kier alpha value is -8.35. The van der Waals surface area contributed by atoms with Gasteiger partial charge in [0, 0.05) is 49.8 Å². The first kappa shape index (κ1) is 35.8. The van der Waals surface area contributed by atoms with E-state index in [4.69, 9.17) is 24.9 Å². The van der Waals surface area contributed by atoms with Gasteiger partial charge in [0.25, 0.3) is 0 Å². The van der Waals surface area contributed by atoms with Gasteiger partial charge >= 0.3 is 0 Å². The Balaban J connectivity index is 1.02. The van der Waals surface area contributed by atoms with E-state index in [1.165, 1.54) is 10.8 Å². The Labute approximate surface area is 353 Å². The molecular formula is C55H36N6. The van der Waals surface area contributed by atoms with Crippen LogP contribution in [0.15, 0.2) is 218 Å². The molecular weight excluding hydrogens is 745 g/mol. The first-order valence-corrected chi connectivity index (χ1v) is 20.3. The van der Waals surface area contributed by atoms with Crippen LogP contribution in [0.25, 0.3) is 107 Å². The smallest absolute Gasteiger partial charge is 0.164 e. The number of benzene rings is 8. The van der Waals surface area contributed by atoms with Crippen molar-refractivity contribution in [3.05, 3.63) is 218 Å². The first-order valence-electron chi connectivity index (χ1n) is 20.3. The molecule has 0 unspecified atom stereocenters. The van der Waals surface area contributed by atoms with E-state index in [9.17, 15) is 0 Å². The van der Waals surface area contributed by atoms with Crippen molar-refractivity contribution in [3.63, 3.8) is 0 Å². The monoisotopic (exact) mass is 780 g/mol. The van der Waals surface area contributed by atoms with E-state index in [-0.39, 0.29) is 0 Å². The summed E-state index contributed by atoms with van der Waals surface area (Å²) in [5, 5.41) is 2.39. The van der Waals surface area contributed by atoms with Crippen molar-refractivity contribution in [3.8, 4) is 84.9 Å². The number of aromatic nitrogens is 6. The molecule has 0 amide bonds. The molecule has 0 bridgehead atoms. The number of fused-ring (bicyclic) bond motifs is 3. The third-order valence-electron chi connectivity index (χ3n) is 11.1. The molecule has 286 valence electrons. The number of para-hydroxylation sites is 2. The summed E-state index contributed by atoms with van der Waals surface area (Å²) in [7, 11) is 0. The lowest BCUT2D eigenvalue weighted by Crippen LogP contribution is -2.00. The van der Waals surface area contributed by atoms with Crippen LogP contribution in [0.4, 0.5) is 0 Å². The summed E-state index contributed by atoms with van der Waals surface area (Å²) in [6.07, 6.45) is 0. The van der Waals surface area contributed by atoms with Crippen LogP contribution in [0.5, 0.6) is 0 Å². The van der Waals surface area contributed by atoms with Gasteiger partial charge in [-0.1, -0.05) is 176 Å². The highest BCUT2D eigenvalue weighted by atomic mass is 15.0. The van der Waals surface area contributed by atoms with Crippen molar-refractivity contribution in [1.29, 1.82) is 0 Å². The summed E-state index contributed by atoms with van der Waals surface area (Å²) in [5.74, 6) is 2.54. The molecule has 6 heteroatoms. The molecule has 8 aromatic carbocycles. The molecule has 6 nitrogen and oxygen atoms in total. The molecule has 0 aliphatic carbocycles. The molecule has 61 heavy (non-hydrogen) atoms. The van der Waals surface area contributed by atoms with Gasteiger partial charge in [-0.15, -0.1) is 0 Å². The zero-order chi connectivity index (χ0) is 40.5.